The molecule has 0 aromatic heterocycles. The van der Waals surface area contributed by atoms with Crippen LogP contribution in [0.3, 0.4) is 0 Å². The number of carboxylic acid groups (broad SMARTS) is 1. The summed E-state index contributed by atoms with van der Waals surface area (Å²) >= 11 is 5.33. The molecule has 0 saturated carbocycles. The third-order valence-electron chi connectivity index (χ3n) is 12.3. The van der Waals surface area contributed by atoms with Crippen LogP contribution in [0.1, 0.15) is 46.4 Å². The standard InChI is InChI=1S/C28H25NO2.C14H11ClO.C14H15NO.C14H12O2.CH4.Cl2OS.ClH/c30-28(19-22-14-16-26(17-15-22)25-11-5-2-6-12-25)29-20-24-10-7-13-27(18-24)31-21-23-8-3-1-4-9-23;15-14(16)10-11-6-8-13(9-7-11)12-4-2-1-3-5-12;15-10-13-7-4-8-14(9-13)16-11-12-5-2-1-3-6-12;15-14(16)10-11-6-8-13(9-7-11)12-4-2-1-3-5-12;;1-4(2)3;/h1-18H,19-21H2,(H,29,30);1-9H,10H2;1-9H,10-11,15H2;1-9H,10H2,(H,15,16);1H4;;1H. The van der Waals surface area contributed by atoms with Gasteiger partial charge in [0.2, 0.25) is 20.4 Å². The molecular weight excluding hydrogens is 1170 g/mol. The molecule has 14 heteroatoms. The molecule has 0 fully saturated rings. The van der Waals surface area contributed by atoms with Crippen LogP contribution in [-0.4, -0.2) is 26.4 Å². The summed E-state index contributed by atoms with van der Waals surface area (Å²) in [6, 6.07) is 89.9. The average molecular weight is 1240 g/mol. The van der Waals surface area contributed by atoms with E-state index >= 15 is 0 Å². The molecule has 85 heavy (non-hydrogen) atoms. The molecule has 0 radical (unpaired) electrons. The van der Waals surface area contributed by atoms with Crippen LogP contribution in [-0.2, 0) is 69.2 Å². The minimum absolute atomic E-state index is 0. The maximum absolute atomic E-state index is 12.4. The number of amides is 1. The summed E-state index contributed by atoms with van der Waals surface area (Å²) in [4.78, 5) is 33.7. The third kappa shape index (κ3) is 27.3. The number of hydrogen-bond donors (Lipinski definition) is 3. The Bertz CT molecular complexity index is 3420. The molecule has 10 rings (SSSR count). The number of nitrogens with two attached hydrogens (primary N) is 1. The summed E-state index contributed by atoms with van der Waals surface area (Å²) in [5.41, 5.74) is 19.6. The molecule has 0 saturated heterocycles. The van der Waals surface area contributed by atoms with Crippen LogP contribution in [0.5, 0.6) is 11.5 Å². The zero-order chi connectivity index (χ0) is 58.9. The zero-order valence-corrected chi connectivity index (χ0v) is 49.8. The zero-order valence-electron chi connectivity index (χ0n) is 45.9. The van der Waals surface area contributed by atoms with Crippen molar-refractivity contribution < 1.29 is 33.2 Å². The third-order valence-corrected chi connectivity index (χ3v) is 12.4. The second-order valence-corrected chi connectivity index (χ2v) is 21.4. The predicted molar refractivity (Wildman–Crippen MR) is 353 cm³/mol. The number of carbonyl (C=O) groups is 3. The minimum atomic E-state index is -1.67. The Labute approximate surface area is 522 Å². The highest BCUT2D eigenvalue weighted by Crippen LogP contribution is 2.23. The summed E-state index contributed by atoms with van der Waals surface area (Å²) in [7, 11) is 7.36. The van der Waals surface area contributed by atoms with Crippen molar-refractivity contribution in [2.24, 2.45) is 5.73 Å². The first-order valence-electron chi connectivity index (χ1n) is 26.4. The Morgan fingerprint density at radius 1 is 0.412 bits per heavy atom. The van der Waals surface area contributed by atoms with Gasteiger partial charge in [-0.25, -0.2) is 4.21 Å². The molecule has 0 bridgehead atoms. The number of carbonyl (C=O) groups excluding carboxylic acids is 2. The van der Waals surface area contributed by atoms with Gasteiger partial charge in [0.15, 0.2) is 0 Å². The fraction of sp³-hybridized carbons (Fsp3) is 0.113. The number of carboxylic acids is 1. The van der Waals surface area contributed by atoms with Crippen molar-refractivity contribution in [2.75, 3.05) is 0 Å². The number of rotatable bonds is 18. The Hall–Kier alpha value is -8.32. The first-order valence-corrected chi connectivity index (χ1v) is 29.6. The molecule has 0 aliphatic rings. The van der Waals surface area contributed by atoms with Gasteiger partial charge in [0.25, 0.3) is 0 Å². The summed E-state index contributed by atoms with van der Waals surface area (Å²) in [5, 5.41) is 11.3. The van der Waals surface area contributed by atoms with E-state index in [0.29, 0.717) is 32.7 Å². The Morgan fingerprint density at radius 3 is 1.07 bits per heavy atom. The highest BCUT2D eigenvalue weighted by Gasteiger charge is 2.07. The van der Waals surface area contributed by atoms with Crippen LogP contribution < -0.4 is 20.5 Å². The van der Waals surface area contributed by atoms with Crippen LogP contribution in [0.25, 0.3) is 33.4 Å². The summed E-state index contributed by atoms with van der Waals surface area (Å²) < 4.78 is 20.6. The summed E-state index contributed by atoms with van der Waals surface area (Å²) in [5.74, 6) is 0.870. The van der Waals surface area contributed by atoms with Gasteiger partial charge in [-0.1, -0.05) is 256 Å². The lowest BCUT2D eigenvalue weighted by atomic mass is 10.0. The topological polar surface area (TPSA) is 145 Å². The molecule has 9 nitrogen and oxygen atoms in total. The van der Waals surface area contributed by atoms with Crippen molar-refractivity contribution in [1.82, 2.24) is 5.32 Å². The fourth-order valence-electron chi connectivity index (χ4n) is 8.11. The molecule has 10 aromatic rings. The van der Waals surface area contributed by atoms with Gasteiger partial charge in [-0.05, 0) is 108 Å². The van der Waals surface area contributed by atoms with Gasteiger partial charge in [0.05, 0.1) is 12.8 Å². The van der Waals surface area contributed by atoms with Crippen molar-refractivity contribution in [3.63, 3.8) is 0 Å². The molecule has 0 spiro atoms. The highest BCUT2D eigenvalue weighted by atomic mass is 36.0. The highest BCUT2D eigenvalue weighted by molar-refractivity contribution is 8.26. The molecule has 438 valence electrons. The minimum Gasteiger partial charge on any atom is -0.489 e. The number of halogens is 4. The van der Waals surface area contributed by atoms with Crippen molar-refractivity contribution >= 4 is 71.7 Å². The van der Waals surface area contributed by atoms with Gasteiger partial charge in [-0.3, -0.25) is 14.4 Å². The van der Waals surface area contributed by atoms with E-state index in [1.165, 1.54) is 16.7 Å². The van der Waals surface area contributed by atoms with Gasteiger partial charge in [0, 0.05) is 40.9 Å². The quantitative estimate of drug-likeness (QED) is 0.0720. The maximum atomic E-state index is 12.4. The van der Waals surface area contributed by atoms with E-state index in [1.54, 1.807) is 0 Å². The molecular formula is C71H68Cl4N2O7S. The van der Waals surface area contributed by atoms with E-state index < -0.39 is 15.2 Å². The smallest absolute Gasteiger partial charge is 0.307 e. The van der Waals surface area contributed by atoms with Crippen LogP contribution in [0.2, 0.25) is 0 Å². The largest absolute Gasteiger partial charge is 0.489 e. The molecule has 0 aliphatic heterocycles. The SMILES string of the molecule is C.Cl.NCc1cccc(OCc2ccccc2)c1.O=C(Cc1ccc(-c2ccccc2)cc1)NCc1cccc(OCc2ccccc2)c1.O=C(Cl)Cc1ccc(-c2ccccc2)cc1.O=C(O)Cc1ccc(-c2ccccc2)cc1.O=S(Cl)Cl. The van der Waals surface area contributed by atoms with E-state index in [0.717, 1.165) is 67.1 Å². The lowest BCUT2D eigenvalue weighted by molar-refractivity contribution is -0.136. The summed E-state index contributed by atoms with van der Waals surface area (Å²) in [6.45, 7) is 2.14. The van der Waals surface area contributed by atoms with Crippen LogP contribution in [0.4, 0.5) is 0 Å². The Kier molecular flexibility index (Phi) is 32.0. The van der Waals surface area contributed by atoms with Crippen molar-refractivity contribution in [3.8, 4) is 44.9 Å². The molecule has 0 atom stereocenters. The van der Waals surface area contributed by atoms with Gasteiger partial charge in [-0.15, -0.1) is 12.4 Å². The predicted octanol–water partition coefficient (Wildman–Crippen LogP) is 17.3. The number of aliphatic carboxylic acids is 1. The molecule has 0 unspecified atom stereocenters. The fourth-order valence-corrected chi connectivity index (χ4v) is 8.26. The lowest BCUT2D eigenvalue weighted by Gasteiger charge is -2.10. The maximum Gasteiger partial charge on any atom is 0.307 e. The average Bonchev–Trinajstić information content (AvgIpc) is 3.62. The van der Waals surface area contributed by atoms with Gasteiger partial charge < -0.3 is 25.6 Å². The second kappa shape index (κ2) is 39.3. The normalized spacial score (nSPS) is 9.89. The van der Waals surface area contributed by atoms with Crippen LogP contribution in [0, 0.1) is 0 Å². The van der Waals surface area contributed by atoms with Crippen LogP contribution in [0.15, 0.2) is 273 Å². The monoisotopic (exact) mass is 1230 g/mol. The molecule has 0 heterocycles. The van der Waals surface area contributed by atoms with E-state index in [1.807, 2.05) is 237 Å². The number of hydrogen-bond acceptors (Lipinski definition) is 7. The van der Waals surface area contributed by atoms with Crippen molar-refractivity contribution in [1.29, 1.82) is 0 Å². The van der Waals surface area contributed by atoms with Crippen LogP contribution >= 0.6 is 45.4 Å². The summed E-state index contributed by atoms with van der Waals surface area (Å²) in [6.07, 6.45) is 0.727. The molecule has 4 N–H and O–H groups in total. The second-order valence-electron chi connectivity index (χ2n) is 18.5. The number of nitrogens with one attached hydrogen (secondary N) is 1. The van der Waals surface area contributed by atoms with Gasteiger partial charge >= 0.3 is 5.97 Å². The van der Waals surface area contributed by atoms with Crippen molar-refractivity contribution in [3.05, 3.63) is 312 Å². The number of ether oxygens (including phenoxy) is 2. The first kappa shape index (κ1) is 69.2. The molecule has 0 aliphatic carbocycles. The molecule has 10 aromatic carbocycles. The van der Waals surface area contributed by atoms with E-state index in [2.05, 4.69) is 63.1 Å². The van der Waals surface area contributed by atoms with Gasteiger partial charge in [-0.2, -0.15) is 0 Å². The lowest BCUT2D eigenvalue weighted by Crippen LogP contribution is -2.24. The Morgan fingerprint density at radius 2 is 0.718 bits per heavy atom. The van der Waals surface area contributed by atoms with E-state index in [9.17, 15) is 14.4 Å². The van der Waals surface area contributed by atoms with E-state index in [-0.39, 0.29) is 43.8 Å². The van der Waals surface area contributed by atoms with Gasteiger partial charge in [0.1, 0.15) is 24.7 Å². The molecule has 1 amide bonds. The van der Waals surface area contributed by atoms with E-state index in [4.69, 9.17) is 36.1 Å². The number of benzene rings is 10. The Balaban J connectivity index is 0.000000247. The van der Waals surface area contributed by atoms with Crippen molar-refractivity contribution in [2.45, 2.75) is 53.0 Å². The first-order chi connectivity index (χ1) is 40.4.